The van der Waals surface area contributed by atoms with Crippen LogP contribution in [0.4, 0.5) is 5.69 Å². The van der Waals surface area contributed by atoms with Gasteiger partial charge < -0.3 is 20.6 Å². The van der Waals surface area contributed by atoms with E-state index in [9.17, 15) is 5.11 Å². The van der Waals surface area contributed by atoms with Crippen LogP contribution in [-0.2, 0) is 0 Å². The first kappa shape index (κ1) is 23.0. The Morgan fingerprint density at radius 3 is 2.50 bits per heavy atom. The van der Waals surface area contributed by atoms with E-state index in [0.29, 0.717) is 6.04 Å². The minimum Gasteiger partial charge on any atom is -0.393 e. The molecule has 1 aliphatic rings. The number of aliphatic hydroxyl groups excluding tert-OH is 1. The fourth-order valence-electron chi connectivity index (χ4n) is 3.38. The van der Waals surface area contributed by atoms with E-state index in [4.69, 9.17) is 4.99 Å². The highest BCUT2D eigenvalue weighted by Gasteiger charge is 2.19. The van der Waals surface area contributed by atoms with Crippen LogP contribution in [0.3, 0.4) is 0 Å². The molecule has 0 aromatic heterocycles. The van der Waals surface area contributed by atoms with Crippen molar-refractivity contribution < 1.29 is 5.11 Å². The molecule has 0 spiro atoms. The van der Waals surface area contributed by atoms with Crippen LogP contribution in [0.5, 0.6) is 0 Å². The number of hydrogen-bond acceptors (Lipinski definition) is 3. The number of halogens is 1. The monoisotopic (exact) mass is 474 g/mol. The molecule has 0 saturated heterocycles. The number of aliphatic imine (C=N–C) groups is 1. The molecule has 5 nitrogen and oxygen atoms in total. The molecule has 0 aliphatic heterocycles. The highest BCUT2D eigenvalue weighted by molar-refractivity contribution is 14.0. The van der Waals surface area contributed by atoms with Gasteiger partial charge in [0.05, 0.1) is 12.6 Å². The third-order valence-corrected chi connectivity index (χ3v) is 4.86. The highest BCUT2D eigenvalue weighted by Crippen LogP contribution is 2.19. The fourth-order valence-corrected chi connectivity index (χ4v) is 3.38. The standard InChI is InChI=1S/C20H34N4O.HI/c1-4-21-20(23-17-10-12-18(25)13-11-17)22-14-15-24(5-2)19-9-7-6-8-16(19)3;/h6-9,17-18,25H,4-5,10-15H2,1-3H3,(H2,21,22,23);1H. The van der Waals surface area contributed by atoms with Gasteiger partial charge in [0.15, 0.2) is 5.96 Å². The number of aliphatic hydroxyl groups is 1. The van der Waals surface area contributed by atoms with Crippen molar-refractivity contribution in [2.24, 2.45) is 4.99 Å². The van der Waals surface area contributed by atoms with E-state index in [-0.39, 0.29) is 30.1 Å². The predicted octanol–water partition coefficient (Wildman–Crippen LogP) is 3.30. The Bertz CT molecular complexity index is 544. The van der Waals surface area contributed by atoms with E-state index in [0.717, 1.165) is 57.8 Å². The lowest BCUT2D eigenvalue weighted by Gasteiger charge is -2.28. The highest BCUT2D eigenvalue weighted by atomic mass is 127. The van der Waals surface area contributed by atoms with Crippen molar-refractivity contribution in [3.63, 3.8) is 0 Å². The number of nitrogens with one attached hydrogen (secondary N) is 2. The van der Waals surface area contributed by atoms with Crippen LogP contribution >= 0.6 is 24.0 Å². The Morgan fingerprint density at radius 1 is 1.19 bits per heavy atom. The summed E-state index contributed by atoms with van der Waals surface area (Å²) in [7, 11) is 0. The minimum absolute atomic E-state index is 0. The lowest BCUT2D eigenvalue weighted by Crippen LogP contribution is -2.45. The first-order chi connectivity index (χ1) is 12.1. The van der Waals surface area contributed by atoms with Crippen LogP contribution in [-0.4, -0.2) is 49.4 Å². The average Bonchev–Trinajstić information content (AvgIpc) is 2.61. The minimum atomic E-state index is -0.121. The third-order valence-electron chi connectivity index (χ3n) is 4.86. The molecule has 0 atom stereocenters. The zero-order chi connectivity index (χ0) is 18.1. The van der Waals surface area contributed by atoms with Gasteiger partial charge in [-0.25, -0.2) is 0 Å². The molecule has 1 fully saturated rings. The van der Waals surface area contributed by atoms with Gasteiger partial charge in [-0.2, -0.15) is 0 Å². The molecule has 0 unspecified atom stereocenters. The van der Waals surface area contributed by atoms with Gasteiger partial charge in [-0.1, -0.05) is 18.2 Å². The van der Waals surface area contributed by atoms with Crippen LogP contribution in [0.15, 0.2) is 29.3 Å². The molecule has 1 aromatic carbocycles. The summed E-state index contributed by atoms with van der Waals surface area (Å²) in [5.74, 6) is 0.893. The van der Waals surface area contributed by atoms with E-state index in [1.807, 2.05) is 0 Å². The summed E-state index contributed by atoms with van der Waals surface area (Å²) in [6.45, 7) is 9.93. The Labute approximate surface area is 175 Å². The van der Waals surface area contributed by atoms with Crippen LogP contribution in [0, 0.1) is 6.92 Å². The maximum Gasteiger partial charge on any atom is 0.191 e. The van der Waals surface area contributed by atoms with Crippen molar-refractivity contribution in [1.82, 2.24) is 10.6 Å². The molecule has 1 saturated carbocycles. The van der Waals surface area contributed by atoms with Gasteiger partial charge in [0, 0.05) is 31.4 Å². The van der Waals surface area contributed by atoms with E-state index in [2.05, 4.69) is 60.6 Å². The summed E-state index contributed by atoms with van der Waals surface area (Å²) >= 11 is 0. The first-order valence-corrected chi connectivity index (χ1v) is 9.67. The summed E-state index contributed by atoms with van der Waals surface area (Å²) in [6, 6.07) is 8.93. The molecular formula is C20H35IN4O. The maximum absolute atomic E-state index is 9.65. The van der Waals surface area contributed by atoms with Crippen LogP contribution in [0.1, 0.15) is 45.1 Å². The second-order valence-electron chi connectivity index (χ2n) is 6.78. The van der Waals surface area contributed by atoms with Gasteiger partial charge in [0.25, 0.3) is 0 Å². The first-order valence-electron chi connectivity index (χ1n) is 9.67. The van der Waals surface area contributed by atoms with Gasteiger partial charge in [-0.05, 0) is 58.1 Å². The third kappa shape index (κ3) is 7.31. The Morgan fingerprint density at radius 2 is 1.88 bits per heavy atom. The largest absolute Gasteiger partial charge is 0.393 e. The number of nitrogens with zero attached hydrogens (tertiary/aromatic N) is 2. The SMILES string of the molecule is CCNC(=NCCN(CC)c1ccccc1C)NC1CCC(O)CC1.I. The molecule has 0 heterocycles. The summed E-state index contributed by atoms with van der Waals surface area (Å²) in [6.07, 6.45) is 3.66. The molecule has 2 rings (SSSR count). The fraction of sp³-hybridized carbons (Fsp3) is 0.650. The number of aryl methyl sites for hydroxylation is 1. The van der Waals surface area contributed by atoms with Gasteiger partial charge in [-0.15, -0.1) is 24.0 Å². The number of hydrogen-bond donors (Lipinski definition) is 3. The van der Waals surface area contributed by atoms with Gasteiger partial charge >= 0.3 is 0 Å². The second-order valence-corrected chi connectivity index (χ2v) is 6.78. The molecule has 3 N–H and O–H groups in total. The van der Waals surface area contributed by atoms with Crippen molar-refractivity contribution in [1.29, 1.82) is 0 Å². The number of benzene rings is 1. The summed E-state index contributed by atoms with van der Waals surface area (Å²) < 4.78 is 0. The van der Waals surface area contributed by atoms with Crippen molar-refractivity contribution >= 4 is 35.6 Å². The number of anilines is 1. The summed E-state index contributed by atoms with van der Waals surface area (Å²) in [5, 5.41) is 16.5. The van der Waals surface area contributed by atoms with Crippen molar-refractivity contribution in [3.05, 3.63) is 29.8 Å². The molecule has 148 valence electrons. The van der Waals surface area contributed by atoms with Crippen molar-refractivity contribution in [2.75, 3.05) is 31.1 Å². The number of para-hydroxylation sites is 1. The van der Waals surface area contributed by atoms with Crippen molar-refractivity contribution in [3.8, 4) is 0 Å². The van der Waals surface area contributed by atoms with Gasteiger partial charge in [-0.3, -0.25) is 4.99 Å². The van der Waals surface area contributed by atoms with Crippen LogP contribution in [0.2, 0.25) is 0 Å². The quantitative estimate of drug-likeness (QED) is 0.323. The van der Waals surface area contributed by atoms with E-state index < -0.39 is 0 Å². The zero-order valence-electron chi connectivity index (χ0n) is 16.4. The number of likely N-dealkylation sites (N-methyl/N-ethyl adjacent to an activating group) is 1. The molecule has 1 aliphatic carbocycles. The molecule has 0 amide bonds. The second kappa shape index (κ2) is 12.4. The maximum atomic E-state index is 9.65. The smallest absolute Gasteiger partial charge is 0.191 e. The normalized spacial score (nSPS) is 20.2. The Hall–Kier alpha value is -1.02. The predicted molar refractivity (Wildman–Crippen MR) is 122 cm³/mol. The summed E-state index contributed by atoms with van der Waals surface area (Å²) in [4.78, 5) is 7.13. The Balaban J connectivity index is 0.00000338. The zero-order valence-corrected chi connectivity index (χ0v) is 18.7. The topological polar surface area (TPSA) is 59.9 Å². The van der Waals surface area contributed by atoms with E-state index >= 15 is 0 Å². The molecule has 26 heavy (non-hydrogen) atoms. The van der Waals surface area contributed by atoms with Crippen LogP contribution in [0.25, 0.3) is 0 Å². The average molecular weight is 474 g/mol. The molecule has 0 radical (unpaired) electrons. The van der Waals surface area contributed by atoms with Gasteiger partial charge in [0.2, 0.25) is 0 Å². The molecular weight excluding hydrogens is 439 g/mol. The lowest BCUT2D eigenvalue weighted by molar-refractivity contribution is 0.120. The van der Waals surface area contributed by atoms with E-state index in [1.54, 1.807) is 0 Å². The van der Waals surface area contributed by atoms with Crippen molar-refractivity contribution in [2.45, 2.75) is 58.6 Å². The number of rotatable bonds is 7. The van der Waals surface area contributed by atoms with Crippen LogP contribution < -0.4 is 15.5 Å². The Kier molecular flexibility index (Phi) is 11.0. The molecule has 1 aromatic rings. The van der Waals surface area contributed by atoms with Gasteiger partial charge in [0.1, 0.15) is 0 Å². The summed E-state index contributed by atoms with van der Waals surface area (Å²) in [5.41, 5.74) is 2.60. The van der Waals surface area contributed by atoms with E-state index in [1.165, 1.54) is 11.3 Å². The molecule has 0 bridgehead atoms. The number of guanidine groups is 1. The lowest BCUT2D eigenvalue weighted by atomic mass is 9.93. The molecule has 6 heteroatoms.